The van der Waals surface area contributed by atoms with Crippen LogP contribution in [0.15, 0.2) is 12.1 Å². The van der Waals surface area contributed by atoms with Gasteiger partial charge in [0.05, 0.1) is 5.91 Å². The minimum Gasteiger partial charge on any atom is -0.534 e. The molecule has 1 aliphatic heterocycles. The monoisotopic (exact) mass is 477 g/mol. The summed E-state index contributed by atoms with van der Waals surface area (Å²) in [5.41, 5.74) is 0.780. The van der Waals surface area contributed by atoms with Gasteiger partial charge in [0.1, 0.15) is 0 Å². The van der Waals surface area contributed by atoms with Crippen LogP contribution in [-0.2, 0) is 35.3 Å². The van der Waals surface area contributed by atoms with Gasteiger partial charge < -0.3 is 40.2 Å². The first-order chi connectivity index (χ1) is 15.2. The molecule has 1 fully saturated rings. The number of nitrogens with zero attached hydrogens (tertiary/aromatic N) is 1. The second-order valence-electron chi connectivity index (χ2n) is 7.80. The maximum atomic E-state index is 13.2. The molecule has 0 spiro atoms. The molecule has 3 N–H and O–H groups in total. The van der Waals surface area contributed by atoms with Crippen molar-refractivity contribution in [3.63, 3.8) is 0 Å². The van der Waals surface area contributed by atoms with E-state index < -0.39 is 22.6 Å². The summed E-state index contributed by atoms with van der Waals surface area (Å²) in [6, 6.07) is 5.20. The fourth-order valence-corrected chi connectivity index (χ4v) is 3.68. The van der Waals surface area contributed by atoms with Crippen LogP contribution in [0.1, 0.15) is 51.0 Å². The Morgan fingerprint density at radius 2 is 2.03 bits per heavy atom. The predicted molar refractivity (Wildman–Crippen MR) is 119 cm³/mol. The molecule has 0 saturated carbocycles. The summed E-state index contributed by atoms with van der Waals surface area (Å²) in [5.74, 6) is -0.929. The Hall–Kier alpha value is -1.73. The maximum absolute atomic E-state index is 13.2. The van der Waals surface area contributed by atoms with Gasteiger partial charge in [0.15, 0.2) is 0 Å². The van der Waals surface area contributed by atoms with Crippen molar-refractivity contribution in [2.24, 2.45) is 5.92 Å². The van der Waals surface area contributed by atoms with Crippen LogP contribution in [0.4, 0.5) is 4.39 Å². The molecule has 0 radical (unpaired) electrons. The second kappa shape index (κ2) is 17.7. The average Bonchev–Trinajstić information content (AvgIpc) is 3.12. The van der Waals surface area contributed by atoms with E-state index in [0.29, 0.717) is 18.8 Å². The van der Waals surface area contributed by atoms with Crippen LogP contribution in [0, 0.1) is 24.7 Å². The molecule has 0 aromatic heterocycles. The Kier molecular flexibility index (Phi) is 16.8. The molecule has 0 aliphatic carbocycles. The topological polar surface area (TPSA) is 116 Å². The molecule has 1 heterocycles. The maximum Gasteiger partial charge on any atom is 1.00 e. The first-order valence-electron chi connectivity index (χ1n) is 10.8. The van der Waals surface area contributed by atoms with Gasteiger partial charge in [0.25, 0.3) is 0 Å². The Labute approximate surface area is 210 Å². The van der Waals surface area contributed by atoms with E-state index in [1.165, 1.54) is 30.1 Å². The third-order valence-corrected chi connectivity index (χ3v) is 5.39. The van der Waals surface area contributed by atoms with Gasteiger partial charge in [-0.3, -0.25) is 4.79 Å². The van der Waals surface area contributed by atoms with Gasteiger partial charge in [-0.25, -0.2) is 4.39 Å². The van der Waals surface area contributed by atoms with Gasteiger partial charge in [0.2, 0.25) is 5.91 Å². The number of phenolic OH excluding ortho intramolecular Hbond substituents is 1. The van der Waals surface area contributed by atoms with E-state index in [2.05, 4.69) is 30.1 Å². The molecule has 0 bridgehead atoms. The number of likely N-dealkylation sites (tertiary alicyclic amines) is 1. The number of rotatable bonds is 11. The van der Waals surface area contributed by atoms with Gasteiger partial charge in [-0.2, -0.15) is 5.56 Å². The molecule has 1 aromatic rings. The number of hydrogen-bond donors (Lipinski definition) is 3. The van der Waals surface area contributed by atoms with Crippen LogP contribution >= 0.6 is 0 Å². The van der Waals surface area contributed by atoms with Crippen molar-refractivity contribution in [3.05, 3.63) is 36.5 Å². The van der Waals surface area contributed by atoms with Gasteiger partial charge in [-0.05, 0) is 31.7 Å². The summed E-state index contributed by atoms with van der Waals surface area (Å²) in [7, 11) is -2.51. The Balaban J connectivity index is 0.00000111. The zero-order valence-electron chi connectivity index (χ0n) is 19.5. The zero-order chi connectivity index (χ0) is 23.9. The number of aromatic hydroxyl groups is 1. The number of amides is 2. The van der Waals surface area contributed by atoms with Gasteiger partial charge in [-0.15, -0.1) is 18.2 Å². The molecule has 2 rings (SSSR count). The number of carbonyl (C=O) groups is 2. The molecule has 0 unspecified atom stereocenters. The number of unbranched alkanes of at least 4 members (excludes halogenated alkanes) is 3. The third kappa shape index (κ3) is 15.7. The van der Waals surface area contributed by atoms with E-state index in [0.717, 1.165) is 44.6 Å². The summed E-state index contributed by atoms with van der Waals surface area (Å²) in [6.07, 6.45) is 7.00. The van der Waals surface area contributed by atoms with Crippen molar-refractivity contribution in [2.75, 3.05) is 26.2 Å². The Morgan fingerprint density at radius 3 is 2.61 bits per heavy atom. The summed E-state index contributed by atoms with van der Waals surface area (Å²) in [5, 5.41) is 12.4. The second-order valence-corrected chi connectivity index (χ2v) is 8.48. The normalized spacial score (nSPS) is 15.3. The summed E-state index contributed by atoms with van der Waals surface area (Å²) >= 11 is 0. The van der Waals surface area contributed by atoms with Gasteiger partial charge >= 0.3 is 18.9 Å². The third-order valence-electron chi connectivity index (χ3n) is 4.99. The molecule has 1 aromatic carbocycles. The number of carbonyl (C=O) groups excluding carboxylic acids is 2. The molecule has 1 saturated heterocycles. The number of hydrogen-bond acceptors (Lipinski definition) is 7. The van der Waals surface area contributed by atoms with Crippen LogP contribution in [0.25, 0.3) is 0 Å². The minimum absolute atomic E-state index is 0. The van der Waals surface area contributed by atoms with Gasteiger partial charge in [0, 0.05) is 48.5 Å². The fraction of sp³-hybridized carbons (Fsp3) is 0.591. The summed E-state index contributed by atoms with van der Waals surface area (Å²) in [6.45, 7) is 8.41. The van der Waals surface area contributed by atoms with Crippen molar-refractivity contribution in [1.82, 2.24) is 14.9 Å². The minimum atomic E-state index is -2.51. The van der Waals surface area contributed by atoms with Gasteiger partial charge in [-0.1, -0.05) is 26.2 Å². The molecule has 1 aliphatic rings. The summed E-state index contributed by atoms with van der Waals surface area (Å²) < 4.78 is 33.6. The van der Waals surface area contributed by atoms with Crippen molar-refractivity contribution in [1.29, 1.82) is 0 Å². The largest absolute Gasteiger partial charge is 1.00 e. The smallest absolute Gasteiger partial charge is 0.534 e. The molecule has 11 heteroatoms. The molecule has 8 nitrogen and oxygen atoms in total. The van der Waals surface area contributed by atoms with E-state index in [9.17, 15) is 27.5 Å². The number of halogens is 1. The quantitative estimate of drug-likeness (QED) is 0.171. The van der Waals surface area contributed by atoms with Crippen molar-refractivity contribution in [2.45, 2.75) is 51.9 Å². The Morgan fingerprint density at radius 1 is 1.30 bits per heavy atom. The van der Waals surface area contributed by atoms with E-state index in [1.807, 2.05) is 0 Å². The number of nitrogens with one attached hydrogen (secondary N) is 2. The van der Waals surface area contributed by atoms with Crippen molar-refractivity contribution >= 4 is 22.7 Å². The Bertz CT molecular complexity index is 782. The standard InChI is InChI=1S/C20H30FN2O2.C2H3NO3S.Li/c1-2-3-4-5-8-22-20(25)13-17-7-10-23(15-17)9-6-16-11-18(21)14-19(24)12-16;1-2(4)3-7(5)6;/h11-12,17,24H,2-10,13,15H2,1H3,(H,22,25);1H2,(H,3,4,5,6);/q-1;-2;+1/t17-;;/m0../s1. The first-order valence-corrected chi connectivity index (χ1v) is 11.9. The van der Waals surface area contributed by atoms with Crippen LogP contribution in [0.3, 0.4) is 0 Å². The van der Waals surface area contributed by atoms with Crippen LogP contribution in [0.2, 0.25) is 0 Å². The van der Waals surface area contributed by atoms with E-state index in [4.69, 9.17) is 0 Å². The van der Waals surface area contributed by atoms with Crippen molar-refractivity contribution in [3.8, 4) is 5.75 Å². The molecular weight excluding hydrogens is 444 g/mol. The van der Waals surface area contributed by atoms with E-state index in [1.54, 1.807) is 6.07 Å². The van der Waals surface area contributed by atoms with Crippen LogP contribution < -0.4 is 28.9 Å². The molecule has 2 amide bonds. The summed E-state index contributed by atoms with van der Waals surface area (Å²) in [4.78, 5) is 23.9. The first kappa shape index (κ1) is 31.3. The van der Waals surface area contributed by atoms with Crippen LogP contribution in [-0.4, -0.2) is 48.0 Å². The zero-order valence-corrected chi connectivity index (χ0v) is 20.3. The van der Waals surface area contributed by atoms with Crippen LogP contribution in [0.5, 0.6) is 5.75 Å². The van der Waals surface area contributed by atoms with Crippen molar-refractivity contribution < 1.29 is 46.4 Å². The molecule has 1 atom stereocenters. The predicted octanol–water partition coefficient (Wildman–Crippen LogP) is -0.553. The van der Waals surface area contributed by atoms with E-state index >= 15 is 0 Å². The fourth-order valence-electron chi connectivity index (χ4n) is 3.50. The molecular formula is C22H33FLiN3O5S-2. The average molecular weight is 478 g/mol. The SMILES string of the molecule is CCCCCCNC(=O)C[C@@H]1CCN(CCc2cc(O)[c-]c(F)c2)C1.[CH2-]C(=O)N[S-](=O)=O.[Li+]. The number of benzene rings is 1. The molecule has 182 valence electrons. The number of phenols is 1. The van der Waals surface area contributed by atoms with E-state index in [-0.39, 0.29) is 30.5 Å². The molecule has 33 heavy (non-hydrogen) atoms.